The van der Waals surface area contributed by atoms with Gasteiger partial charge in [-0.25, -0.2) is 0 Å². The largest absolute Gasteiger partial charge is 0.417 e. The summed E-state index contributed by atoms with van der Waals surface area (Å²) in [6.45, 7) is 12.5. The lowest BCUT2D eigenvalue weighted by Gasteiger charge is -2.23. The number of halogens is 6. The maximum absolute atomic E-state index is 15.0. The SMILES string of the molecule is Cc1cc(C)c(-c2ccc3c(c2)c2ccccc2n3-c2ccc(-c3c(C(F)(F)F)cccc3C(F)(F)F)cc2-c2c(C#N)cccc2-n2c3ccccc3c3cc(-c4c(C)cc(C)cc4C)ccc32)c(C)c1. The predicted octanol–water partition coefficient (Wildman–Crippen LogP) is 18.3. The molecule has 9 aromatic carbocycles. The molecule has 0 saturated heterocycles. The van der Waals surface area contributed by atoms with Crippen molar-refractivity contribution < 1.29 is 26.3 Å². The molecule has 354 valence electrons. The van der Waals surface area contributed by atoms with Crippen molar-refractivity contribution in [2.45, 2.75) is 53.9 Å². The third-order valence-corrected chi connectivity index (χ3v) is 14.2. The third-order valence-electron chi connectivity index (χ3n) is 14.2. The molecule has 0 bridgehead atoms. The van der Waals surface area contributed by atoms with Gasteiger partial charge in [0.15, 0.2) is 0 Å². The molecule has 0 aliphatic rings. The number of fused-ring (bicyclic) bond motifs is 6. The van der Waals surface area contributed by atoms with Crippen LogP contribution in [0.2, 0.25) is 0 Å². The fourth-order valence-electron chi connectivity index (χ4n) is 11.6. The van der Waals surface area contributed by atoms with Crippen LogP contribution in [-0.2, 0) is 12.4 Å². The van der Waals surface area contributed by atoms with E-state index in [2.05, 4.69) is 90.1 Å². The average Bonchev–Trinajstić information content (AvgIpc) is 3.84. The summed E-state index contributed by atoms with van der Waals surface area (Å²) in [7, 11) is 0. The van der Waals surface area contributed by atoms with Gasteiger partial charge in [0.1, 0.15) is 0 Å². The molecule has 0 atom stereocenters. The van der Waals surface area contributed by atoms with Gasteiger partial charge >= 0.3 is 12.4 Å². The quantitative estimate of drug-likeness (QED) is 0.153. The van der Waals surface area contributed by atoms with Gasteiger partial charge in [-0.1, -0.05) is 102 Å². The van der Waals surface area contributed by atoms with E-state index in [-0.39, 0.29) is 16.7 Å². The molecule has 3 nitrogen and oxygen atoms in total. The first kappa shape index (κ1) is 46.1. The first-order chi connectivity index (χ1) is 34.4. The van der Waals surface area contributed by atoms with Crippen LogP contribution in [0.4, 0.5) is 26.3 Å². The number of aryl methyl sites for hydroxylation is 6. The van der Waals surface area contributed by atoms with E-state index in [1.807, 2.05) is 81.9 Å². The van der Waals surface area contributed by atoms with Gasteiger partial charge in [0.05, 0.1) is 56.2 Å². The molecule has 0 saturated carbocycles. The van der Waals surface area contributed by atoms with Gasteiger partial charge in [0.25, 0.3) is 0 Å². The second-order valence-electron chi connectivity index (χ2n) is 19.0. The summed E-state index contributed by atoms with van der Waals surface area (Å²) in [5.74, 6) is 0. The highest BCUT2D eigenvalue weighted by Crippen LogP contribution is 2.49. The molecule has 0 N–H and O–H groups in total. The smallest absolute Gasteiger partial charge is 0.309 e. The van der Waals surface area contributed by atoms with Crippen molar-refractivity contribution in [3.8, 4) is 62.0 Å². The Morgan fingerprint density at radius 2 is 0.792 bits per heavy atom. The van der Waals surface area contributed by atoms with E-state index in [4.69, 9.17) is 0 Å². The van der Waals surface area contributed by atoms with Crippen LogP contribution >= 0.6 is 0 Å². The van der Waals surface area contributed by atoms with Gasteiger partial charge in [-0.05, 0) is 164 Å². The Morgan fingerprint density at radius 1 is 0.375 bits per heavy atom. The predicted molar refractivity (Wildman–Crippen MR) is 280 cm³/mol. The van der Waals surface area contributed by atoms with Crippen molar-refractivity contribution in [2.24, 2.45) is 0 Å². The van der Waals surface area contributed by atoms with Crippen molar-refractivity contribution in [3.05, 3.63) is 214 Å². The van der Waals surface area contributed by atoms with Gasteiger partial charge in [0.2, 0.25) is 0 Å². The summed E-state index contributed by atoms with van der Waals surface area (Å²) >= 11 is 0. The Hall–Kier alpha value is -8.35. The second kappa shape index (κ2) is 16.9. The Kier molecular flexibility index (Phi) is 10.8. The van der Waals surface area contributed by atoms with E-state index in [0.29, 0.717) is 29.1 Å². The van der Waals surface area contributed by atoms with Crippen LogP contribution in [0.1, 0.15) is 50.1 Å². The molecule has 0 spiro atoms. The molecule has 11 rings (SSSR count). The molecule has 0 fully saturated rings. The summed E-state index contributed by atoms with van der Waals surface area (Å²) in [6, 6.07) is 50.9. The zero-order chi connectivity index (χ0) is 50.5. The Labute approximate surface area is 412 Å². The monoisotopic (exact) mass is 957 g/mol. The molecule has 2 heterocycles. The lowest BCUT2D eigenvalue weighted by molar-refractivity contribution is -0.142. The van der Waals surface area contributed by atoms with Gasteiger partial charge in [0, 0.05) is 38.2 Å². The summed E-state index contributed by atoms with van der Waals surface area (Å²) in [5.41, 5.74) is 11.7. The van der Waals surface area contributed by atoms with Gasteiger partial charge in [-0.15, -0.1) is 0 Å². The molecule has 0 amide bonds. The topological polar surface area (TPSA) is 33.6 Å². The first-order valence-corrected chi connectivity index (χ1v) is 23.6. The number of para-hydroxylation sites is 2. The van der Waals surface area contributed by atoms with Crippen molar-refractivity contribution in [1.82, 2.24) is 9.13 Å². The number of aromatic nitrogens is 2. The number of nitrogens with zero attached hydrogens (tertiary/aromatic N) is 3. The second-order valence-corrected chi connectivity index (χ2v) is 19.0. The molecule has 2 aromatic heterocycles. The van der Waals surface area contributed by atoms with Crippen LogP contribution in [0, 0.1) is 52.9 Å². The molecule has 9 heteroatoms. The summed E-state index contributed by atoms with van der Waals surface area (Å²) in [5, 5.41) is 14.8. The van der Waals surface area contributed by atoms with Gasteiger partial charge in [-0.3, -0.25) is 0 Å². The lowest BCUT2D eigenvalue weighted by atomic mass is 9.89. The molecule has 0 unspecified atom stereocenters. The zero-order valence-corrected chi connectivity index (χ0v) is 40.2. The van der Waals surface area contributed by atoms with Gasteiger partial charge < -0.3 is 9.13 Å². The van der Waals surface area contributed by atoms with E-state index < -0.39 is 29.0 Å². The summed E-state index contributed by atoms with van der Waals surface area (Å²) in [4.78, 5) is 0. The highest BCUT2D eigenvalue weighted by Gasteiger charge is 2.41. The van der Waals surface area contributed by atoms with Crippen LogP contribution in [-0.4, -0.2) is 9.13 Å². The van der Waals surface area contributed by atoms with Crippen LogP contribution in [0.5, 0.6) is 0 Å². The summed E-state index contributed by atoms with van der Waals surface area (Å²) in [6.07, 6.45) is -10.3. The fourth-order valence-corrected chi connectivity index (χ4v) is 11.6. The minimum absolute atomic E-state index is 0.174. The van der Waals surface area contributed by atoms with Crippen LogP contribution in [0.25, 0.3) is 99.5 Å². The minimum atomic E-state index is -5.14. The van der Waals surface area contributed by atoms with E-state index in [1.165, 1.54) is 12.1 Å². The van der Waals surface area contributed by atoms with Gasteiger partial charge in [-0.2, -0.15) is 31.6 Å². The number of hydrogen-bond acceptors (Lipinski definition) is 1. The van der Waals surface area contributed by atoms with Crippen molar-refractivity contribution in [1.29, 1.82) is 5.26 Å². The number of hydrogen-bond donors (Lipinski definition) is 0. The average molecular weight is 958 g/mol. The highest BCUT2D eigenvalue weighted by atomic mass is 19.4. The van der Waals surface area contributed by atoms with Crippen molar-refractivity contribution >= 4 is 43.6 Å². The number of benzene rings is 9. The maximum Gasteiger partial charge on any atom is 0.417 e. The molecule has 72 heavy (non-hydrogen) atoms. The number of alkyl halides is 6. The minimum Gasteiger partial charge on any atom is -0.309 e. The molecule has 11 aromatic rings. The highest BCUT2D eigenvalue weighted by molar-refractivity contribution is 6.13. The van der Waals surface area contributed by atoms with E-state index >= 15 is 26.3 Å². The normalized spacial score (nSPS) is 12.2. The van der Waals surface area contributed by atoms with Crippen LogP contribution in [0.15, 0.2) is 164 Å². The molecular formula is C63H45F6N3. The number of rotatable bonds is 6. The summed E-state index contributed by atoms with van der Waals surface area (Å²) < 4.78 is 94.3. The van der Waals surface area contributed by atoms with E-state index in [1.54, 1.807) is 18.2 Å². The molecular weight excluding hydrogens is 913 g/mol. The fraction of sp³-hybridized carbons (Fsp3) is 0.127. The molecule has 0 radical (unpaired) electrons. The Bertz CT molecular complexity index is 4020. The molecule has 0 aliphatic carbocycles. The van der Waals surface area contributed by atoms with E-state index in [9.17, 15) is 5.26 Å². The Morgan fingerprint density at radius 3 is 1.26 bits per heavy atom. The first-order valence-electron chi connectivity index (χ1n) is 23.6. The maximum atomic E-state index is 15.0. The standard InChI is InChI=1S/C63H45F6N3/c1-35-27-37(3)58(38(4)28-35)41-21-24-54-47(31-41)45-14-7-9-18-52(45)71(54)56-26-23-43(61-50(62(64,65)66)16-12-17-51(61)63(67,68)69)33-49(56)60-44(34-70)13-11-20-57(60)72-53-19-10-8-15-46(53)48-32-42(22-25-55(48)72)59-39(5)29-36(2)30-40(59)6/h7-33H,1-6H3. The zero-order valence-electron chi connectivity index (χ0n) is 40.2. The van der Waals surface area contributed by atoms with Crippen LogP contribution < -0.4 is 0 Å². The van der Waals surface area contributed by atoms with Crippen molar-refractivity contribution in [3.63, 3.8) is 0 Å². The van der Waals surface area contributed by atoms with E-state index in [0.717, 1.165) is 105 Å². The van der Waals surface area contributed by atoms with Crippen molar-refractivity contribution in [2.75, 3.05) is 0 Å². The lowest BCUT2D eigenvalue weighted by Crippen LogP contribution is -2.14. The number of nitriles is 1. The van der Waals surface area contributed by atoms with Crippen LogP contribution in [0.3, 0.4) is 0 Å². The third kappa shape index (κ3) is 7.43. The molecule has 0 aliphatic heterocycles. The Balaban J connectivity index is 1.26.